The molecule has 1 atom stereocenters. The Morgan fingerprint density at radius 2 is 1.77 bits per heavy atom. The Morgan fingerprint density at radius 1 is 1.07 bits per heavy atom. The molecule has 1 fully saturated rings. The first-order valence-electron chi connectivity index (χ1n) is 10.2. The standard InChI is InChI=1S/C23H28N2O5/c1-4-29-20-11-6-17(13-21(20)30-5-2)23(27)24-14-16-12-22(26)25(15-16)18-7-9-19(28-3)10-8-18/h6-11,13,16H,4-5,12,14-15H2,1-3H3,(H,24,27). The molecule has 1 N–H and O–H groups in total. The molecule has 2 amide bonds. The van der Waals surface area contributed by atoms with E-state index in [0.717, 1.165) is 11.4 Å². The van der Waals surface area contributed by atoms with Gasteiger partial charge in [0.15, 0.2) is 11.5 Å². The van der Waals surface area contributed by atoms with Gasteiger partial charge in [-0.2, -0.15) is 0 Å². The number of nitrogens with zero attached hydrogens (tertiary/aromatic N) is 1. The Morgan fingerprint density at radius 3 is 2.43 bits per heavy atom. The number of anilines is 1. The quantitative estimate of drug-likeness (QED) is 0.684. The van der Waals surface area contributed by atoms with E-state index < -0.39 is 0 Å². The molecule has 7 heteroatoms. The molecule has 2 aromatic rings. The Bertz CT molecular complexity index is 882. The van der Waals surface area contributed by atoms with Gasteiger partial charge in [-0.3, -0.25) is 9.59 Å². The van der Waals surface area contributed by atoms with Gasteiger partial charge < -0.3 is 24.4 Å². The summed E-state index contributed by atoms with van der Waals surface area (Å²) in [5, 5.41) is 2.94. The maximum absolute atomic E-state index is 12.6. The van der Waals surface area contributed by atoms with Gasteiger partial charge in [0.2, 0.25) is 5.91 Å². The van der Waals surface area contributed by atoms with E-state index in [-0.39, 0.29) is 17.7 Å². The van der Waals surface area contributed by atoms with Gasteiger partial charge in [-0.1, -0.05) is 0 Å². The molecule has 7 nitrogen and oxygen atoms in total. The first-order valence-corrected chi connectivity index (χ1v) is 10.2. The summed E-state index contributed by atoms with van der Waals surface area (Å²) in [6.07, 6.45) is 0.403. The molecule has 0 aromatic heterocycles. The smallest absolute Gasteiger partial charge is 0.251 e. The third-order valence-corrected chi connectivity index (χ3v) is 4.95. The van der Waals surface area contributed by atoms with Gasteiger partial charge in [-0.25, -0.2) is 0 Å². The van der Waals surface area contributed by atoms with Gasteiger partial charge in [0.05, 0.1) is 20.3 Å². The van der Waals surface area contributed by atoms with Crippen LogP contribution in [0.1, 0.15) is 30.6 Å². The van der Waals surface area contributed by atoms with E-state index in [4.69, 9.17) is 14.2 Å². The Labute approximate surface area is 176 Å². The predicted octanol–water partition coefficient (Wildman–Crippen LogP) is 3.28. The maximum Gasteiger partial charge on any atom is 0.251 e. The number of amides is 2. The second-order valence-corrected chi connectivity index (χ2v) is 7.01. The number of hydrogen-bond acceptors (Lipinski definition) is 5. The number of nitrogens with one attached hydrogen (secondary N) is 1. The van der Waals surface area contributed by atoms with Crippen molar-refractivity contribution in [2.24, 2.45) is 5.92 Å². The normalized spacial score (nSPS) is 15.8. The van der Waals surface area contributed by atoms with Crippen LogP contribution in [0.2, 0.25) is 0 Å². The summed E-state index contributed by atoms with van der Waals surface area (Å²) in [6.45, 7) is 5.78. The number of ether oxygens (including phenoxy) is 3. The molecule has 1 aliphatic rings. The zero-order chi connectivity index (χ0) is 21.5. The van der Waals surface area contributed by atoms with Gasteiger partial charge in [0.1, 0.15) is 5.75 Å². The highest BCUT2D eigenvalue weighted by Gasteiger charge is 2.30. The van der Waals surface area contributed by atoms with E-state index in [1.807, 2.05) is 38.1 Å². The summed E-state index contributed by atoms with van der Waals surface area (Å²) in [4.78, 5) is 26.8. The van der Waals surface area contributed by atoms with E-state index in [1.165, 1.54) is 0 Å². The fraction of sp³-hybridized carbons (Fsp3) is 0.391. The van der Waals surface area contributed by atoms with Gasteiger partial charge in [0.25, 0.3) is 5.91 Å². The molecule has 1 unspecified atom stereocenters. The zero-order valence-corrected chi connectivity index (χ0v) is 17.6. The van der Waals surface area contributed by atoms with Gasteiger partial charge in [0, 0.05) is 36.7 Å². The number of rotatable bonds is 9. The van der Waals surface area contributed by atoms with Crippen LogP contribution in [-0.4, -0.2) is 45.2 Å². The molecule has 0 saturated carbocycles. The van der Waals surface area contributed by atoms with Crippen LogP contribution in [-0.2, 0) is 4.79 Å². The lowest BCUT2D eigenvalue weighted by Crippen LogP contribution is -2.31. The highest BCUT2D eigenvalue weighted by molar-refractivity contribution is 5.96. The topological polar surface area (TPSA) is 77.1 Å². The molecular formula is C23H28N2O5. The largest absolute Gasteiger partial charge is 0.497 e. The molecule has 0 bridgehead atoms. The van der Waals surface area contributed by atoms with Crippen molar-refractivity contribution in [3.63, 3.8) is 0 Å². The minimum absolute atomic E-state index is 0.0533. The Hall–Kier alpha value is -3.22. The average Bonchev–Trinajstić information content (AvgIpc) is 3.14. The van der Waals surface area contributed by atoms with E-state index in [1.54, 1.807) is 30.2 Å². The minimum atomic E-state index is -0.200. The van der Waals surface area contributed by atoms with Crippen LogP contribution in [0.5, 0.6) is 17.2 Å². The van der Waals surface area contributed by atoms with Crippen molar-refractivity contribution in [2.45, 2.75) is 20.3 Å². The first-order chi connectivity index (χ1) is 14.5. The second kappa shape index (κ2) is 10.0. The number of benzene rings is 2. The van der Waals surface area contributed by atoms with Crippen molar-refractivity contribution >= 4 is 17.5 Å². The fourth-order valence-corrected chi connectivity index (χ4v) is 3.46. The van der Waals surface area contributed by atoms with Crippen molar-refractivity contribution in [3.05, 3.63) is 48.0 Å². The summed E-state index contributed by atoms with van der Waals surface area (Å²) in [7, 11) is 1.61. The molecule has 0 radical (unpaired) electrons. The van der Waals surface area contributed by atoms with Crippen molar-refractivity contribution in [1.29, 1.82) is 0 Å². The number of carbonyl (C=O) groups excluding carboxylic acids is 2. The van der Waals surface area contributed by atoms with Crippen molar-refractivity contribution < 1.29 is 23.8 Å². The van der Waals surface area contributed by atoms with Crippen LogP contribution >= 0.6 is 0 Å². The number of carbonyl (C=O) groups is 2. The molecule has 1 heterocycles. The second-order valence-electron chi connectivity index (χ2n) is 7.01. The SMILES string of the molecule is CCOc1ccc(C(=O)NCC2CC(=O)N(c3ccc(OC)cc3)C2)cc1OCC. The highest BCUT2D eigenvalue weighted by atomic mass is 16.5. The third-order valence-electron chi connectivity index (χ3n) is 4.95. The zero-order valence-electron chi connectivity index (χ0n) is 17.6. The Balaban J connectivity index is 1.59. The van der Waals surface area contributed by atoms with Crippen LogP contribution in [0.15, 0.2) is 42.5 Å². The molecular weight excluding hydrogens is 384 g/mol. The van der Waals surface area contributed by atoms with Crippen LogP contribution < -0.4 is 24.4 Å². The summed E-state index contributed by atoms with van der Waals surface area (Å²) in [5.41, 5.74) is 1.33. The van der Waals surface area contributed by atoms with Gasteiger partial charge in [-0.05, 0) is 56.3 Å². The first kappa shape index (κ1) is 21.5. The van der Waals surface area contributed by atoms with Crippen molar-refractivity contribution in [1.82, 2.24) is 5.32 Å². The van der Waals surface area contributed by atoms with E-state index in [9.17, 15) is 9.59 Å². The summed E-state index contributed by atoms with van der Waals surface area (Å²) in [5.74, 6) is 1.82. The molecule has 0 aliphatic carbocycles. The Kier molecular flexibility index (Phi) is 7.17. The maximum atomic E-state index is 12.6. The van der Waals surface area contributed by atoms with Crippen LogP contribution in [0, 0.1) is 5.92 Å². The molecule has 160 valence electrons. The third kappa shape index (κ3) is 5.03. The van der Waals surface area contributed by atoms with Crippen LogP contribution in [0.3, 0.4) is 0 Å². The lowest BCUT2D eigenvalue weighted by atomic mass is 10.1. The number of methoxy groups -OCH3 is 1. The van der Waals surface area contributed by atoms with Gasteiger partial charge in [-0.15, -0.1) is 0 Å². The van der Waals surface area contributed by atoms with Crippen molar-refractivity contribution in [2.75, 3.05) is 38.3 Å². The van der Waals surface area contributed by atoms with Crippen molar-refractivity contribution in [3.8, 4) is 17.2 Å². The van der Waals surface area contributed by atoms with Crippen LogP contribution in [0.4, 0.5) is 5.69 Å². The number of hydrogen-bond donors (Lipinski definition) is 1. The average molecular weight is 412 g/mol. The van der Waals surface area contributed by atoms with E-state index in [0.29, 0.717) is 49.8 Å². The lowest BCUT2D eigenvalue weighted by molar-refractivity contribution is -0.117. The van der Waals surface area contributed by atoms with E-state index >= 15 is 0 Å². The molecule has 30 heavy (non-hydrogen) atoms. The lowest BCUT2D eigenvalue weighted by Gasteiger charge is -2.17. The highest BCUT2D eigenvalue weighted by Crippen LogP contribution is 2.29. The summed E-state index contributed by atoms with van der Waals surface area (Å²) in [6, 6.07) is 12.5. The molecule has 1 aliphatic heterocycles. The van der Waals surface area contributed by atoms with E-state index in [2.05, 4.69) is 5.32 Å². The molecule has 2 aromatic carbocycles. The fourth-order valence-electron chi connectivity index (χ4n) is 3.46. The minimum Gasteiger partial charge on any atom is -0.497 e. The summed E-state index contributed by atoms with van der Waals surface area (Å²) < 4.78 is 16.3. The molecule has 0 spiro atoms. The molecule has 1 saturated heterocycles. The van der Waals surface area contributed by atoms with Gasteiger partial charge >= 0.3 is 0 Å². The van der Waals surface area contributed by atoms with Crippen LogP contribution in [0.25, 0.3) is 0 Å². The predicted molar refractivity (Wildman–Crippen MR) is 115 cm³/mol. The monoisotopic (exact) mass is 412 g/mol. The summed E-state index contributed by atoms with van der Waals surface area (Å²) >= 11 is 0. The molecule has 3 rings (SSSR count).